The van der Waals surface area contributed by atoms with E-state index in [0.717, 1.165) is 16.9 Å². The first-order valence-corrected chi connectivity index (χ1v) is 9.92. The molecule has 0 bridgehead atoms. The zero-order chi connectivity index (χ0) is 18.0. The molecule has 7 nitrogen and oxygen atoms in total. The number of ether oxygens (including phenoxy) is 1. The molecule has 1 fully saturated rings. The Morgan fingerprint density at radius 3 is 2.80 bits per heavy atom. The van der Waals surface area contributed by atoms with Crippen molar-refractivity contribution in [3.05, 3.63) is 47.8 Å². The molecule has 2 heterocycles. The largest absolute Gasteiger partial charge is 0.496 e. The van der Waals surface area contributed by atoms with Crippen molar-refractivity contribution in [1.82, 2.24) is 14.7 Å². The molecule has 3 rings (SSSR count). The summed E-state index contributed by atoms with van der Waals surface area (Å²) in [6.07, 6.45) is 2.78. The second kappa shape index (κ2) is 7.15. The van der Waals surface area contributed by atoms with Crippen LogP contribution in [0.1, 0.15) is 11.1 Å². The molecule has 1 aromatic heterocycles. The van der Waals surface area contributed by atoms with Crippen LogP contribution in [0, 0.1) is 0 Å². The van der Waals surface area contributed by atoms with Crippen LogP contribution in [-0.4, -0.2) is 66.0 Å². The Bertz CT molecular complexity index is 820. The van der Waals surface area contributed by atoms with E-state index in [-0.39, 0.29) is 17.5 Å². The van der Waals surface area contributed by atoms with E-state index in [9.17, 15) is 13.5 Å². The molecule has 0 radical (unpaired) electrons. The first-order chi connectivity index (χ1) is 11.9. The highest BCUT2D eigenvalue weighted by Gasteiger charge is 2.38. The Hall–Kier alpha value is -1.90. The summed E-state index contributed by atoms with van der Waals surface area (Å²) in [4.78, 5) is 1.90. The topological polar surface area (TPSA) is 84.7 Å². The van der Waals surface area contributed by atoms with E-state index in [2.05, 4.69) is 5.10 Å². The SMILES string of the molecule is COc1ccc(CN(C)[C@H]2CS(=O)(=O)C[C@@H]2O)cc1Cn1cccn1. The van der Waals surface area contributed by atoms with Gasteiger partial charge in [0, 0.05) is 24.5 Å². The van der Waals surface area contributed by atoms with Crippen LogP contribution in [0.3, 0.4) is 0 Å². The molecule has 1 saturated heterocycles. The van der Waals surface area contributed by atoms with Gasteiger partial charge in [0.15, 0.2) is 9.84 Å². The number of sulfone groups is 1. The molecule has 136 valence electrons. The van der Waals surface area contributed by atoms with Crippen LogP contribution in [0.4, 0.5) is 0 Å². The maximum atomic E-state index is 11.7. The van der Waals surface area contributed by atoms with Crippen LogP contribution in [0.15, 0.2) is 36.7 Å². The van der Waals surface area contributed by atoms with Gasteiger partial charge >= 0.3 is 0 Å². The number of likely N-dealkylation sites (N-methyl/N-ethyl adjacent to an activating group) is 1. The average Bonchev–Trinajstić information content (AvgIpc) is 3.14. The summed E-state index contributed by atoms with van der Waals surface area (Å²) in [6.45, 7) is 1.14. The van der Waals surface area contributed by atoms with Gasteiger partial charge in [-0.25, -0.2) is 8.42 Å². The van der Waals surface area contributed by atoms with Crippen molar-refractivity contribution in [2.24, 2.45) is 0 Å². The molecule has 8 heteroatoms. The smallest absolute Gasteiger partial charge is 0.154 e. The molecule has 0 spiro atoms. The van der Waals surface area contributed by atoms with Gasteiger partial charge in [-0.1, -0.05) is 6.07 Å². The van der Waals surface area contributed by atoms with Crippen molar-refractivity contribution < 1.29 is 18.3 Å². The van der Waals surface area contributed by atoms with E-state index in [0.29, 0.717) is 13.1 Å². The predicted octanol–water partition coefficient (Wildman–Crippen LogP) is 0.530. The van der Waals surface area contributed by atoms with Crippen molar-refractivity contribution in [3.63, 3.8) is 0 Å². The molecule has 0 saturated carbocycles. The van der Waals surface area contributed by atoms with Crippen LogP contribution < -0.4 is 4.74 Å². The molecule has 1 aliphatic heterocycles. The van der Waals surface area contributed by atoms with Gasteiger partial charge in [-0.15, -0.1) is 0 Å². The maximum absolute atomic E-state index is 11.7. The number of hydrogen-bond acceptors (Lipinski definition) is 6. The van der Waals surface area contributed by atoms with Gasteiger partial charge in [-0.3, -0.25) is 9.58 Å². The van der Waals surface area contributed by atoms with Crippen LogP contribution >= 0.6 is 0 Å². The molecule has 1 aromatic carbocycles. The van der Waals surface area contributed by atoms with Crippen molar-refractivity contribution in [3.8, 4) is 5.75 Å². The Labute approximate surface area is 147 Å². The number of methoxy groups -OCH3 is 1. The van der Waals surface area contributed by atoms with Crippen molar-refractivity contribution in [2.45, 2.75) is 25.2 Å². The van der Waals surface area contributed by atoms with E-state index in [1.807, 2.05) is 47.1 Å². The van der Waals surface area contributed by atoms with Crippen molar-refractivity contribution in [1.29, 1.82) is 0 Å². The van der Waals surface area contributed by atoms with E-state index in [4.69, 9.17) is 4.74 Å². The fourth-order valence-corrected chi connectivity index (χ4v) is 5.13. The second-order valence-electron chi connectivity index (χ2n) is 6.48. The minimum Gasteiger partial charge on any atom is -0.496 e. The minimum atomic E-state index is -3.16. The van der Waals surface area contributed by atoms with Crippen molar-refractivity contribution >= 4 is 9.84 Å². The third-order valence-corrected chi connectivity index (χ3v) is 6.23. The summed E-state index contributed by atoms with van der Waals surface area (Å²) in [6, 6.07) is 7.39. The monoisotopic (exact) mass is 365 g/mol. The second-order valence-corrected chi connectivity index (χ2v) is 8.63. The lowest BCUT2D eigenvalue weighted by atomic mass is 10.1. The highest BCUT2D eigenvalue weighted by Crippen LogP contribution is 2.24. The van der Waals surface area contributed by atoms with E-state index in [1.54, 1.807) is 13.3 Å². The Morgan fingerprint density at radius 1 is 1.40 bits per heavy atom. The summed E-state index contributed by atoms with van der Waals surface area (Å²) in [5.74, 6) is 0.626. The molecule has 1 N–H and O–H groups in total. The Morgan fingerprint density at radius 2 is 2.20 bits per heavy atom. The van der Waals surface area contributed by atoms with Crippen LogP contribution in [-0.2, 0) is 22.9 Å². The Kier molecular flexibility index (Phi) is 5.12. The summed E-state index contributed by atoms with van der Waals surface area (Å²) in [7, 11) is 0.313. The highest BCUT2D eigenvalue weighted by atomic mass is 32.2. The quantitative estimate of drug-likeness (QED) is 0.804. The zero-order valence-electron chi connectivity index (χ0n) is 14.4. The number of aliphatic hydroxyl groups excluding tert-OH is 1. The van der Waals surface area contributed by atoms with E-state index in [1.165, 1.54) is 0 Å². The lowest BCUT2D eigenvalue weighted by molar-refractivity contribution is 0.0957. The number of nitrogens with zero attached hydrogens (tertiary/aromatic N) is 3. The lowest BCUT2D eigenvalue weighted by Gasteiger charge is -2.26. The lowest BCUT2D eigenvalue weighted by Crippen LogP contribution is -2.40. The number of aromatic nitrogens is 2. The van der Waals surface area contributed by atoms with E-state index >= 15 is 0 Å². The first kappa shape index (κ1) is 17.9. The average molecular weight is 365 g/mol. The van der Waals surface area contributed by atoms with E-state index < -0.39 is 15.9 Å². The fourth-order valence-electron chi connectivity index (χ4n) is 3.26. The van der Waals surface area contributed by atoms with Gasteiger partial charge in [-0.2, -0.15) is 5.10 Å². The molecule has 2 atom stereocenters. The highest BCUT2D eigenvalue weighted by molar-refractivity contribution is 7.91. The minimum absolute atomic E-state index is 0.000958. The molecule has 0 aliphatic carbocycles. The van der Waals surface area contributed by atoms with Gasteiger partial charge in [0.25, 0.3) is 0 Å². The fraction of sp³-hybridized carbons (Fsp3) is 0.471. The molecular weight excluding hydrogens is 342 g/mol. The van der Waals surface area contributed by atoms with Gasteiger partial charge in [0.2, 0.25) is 0 Å². The van der Waals surface area contributed by atoms with Crippen molar-refractivity contribution in [2.75, 3.05) is 25.7 Å². The van der Waals surface area contributed by atoms with Gasteiger partial charge in [0.05, 0.1) is 37.3 Å². The molecule has 0 amide bonds. The zero-order valence-corrected chi connectivity index (χ0v) is 15.2. The van der Waals surface area contributed by atoms with Crippen LogP contribution in [0.25, 0.3) is 0 Å². The number of rotatable bonds is 6. The molecule has 2 aromatic rings. The number of hydrogen-bond donors (Lipinski definition) is 1. The standard InChI is InChI=1S/C17H23N3O4S/c1-19(15-11-25(22,23)12-16(15)21)9-13-4-5-17(24-2)14(8-13)10-20-7-3-6-18-20/h3-8,15-16,21H,9-12H2,1-2H3/t15-,16-/m0/s1. The summed E-state index contributed by atoms with van der Waals surface area (Å²) >= 11 is 0. The number of aliphatic hydroxyl groups is 1. The maximum Gasteiger partial charge on any atom is 0.154 e. The molecule has 0 unspecified atom stereocenters. The summed E-state index contributed by atoms with van der Waals surface area (Å²) in [5.41, 5.74) is 2.03. The number of benzene rings is 1. The van der Waals surface area contributed by atoms with Gasteiger partial charge < -0.3 is 9.84 Å². The van der Waals surface area contributed by atoms with Gasteiger partial charge in [0.1, 0.15) is 5.75 Å². The normalized spacial score (nSPS) is 22.4. The third kappa shape index (κ3) is 4.20. The first-order valence-electron chi connectivity index (χ1n) is 8.10. The van der Waals surface area contributed by atoms with Crippen LogP contribution in [0.2, 0.25) is 0 Å². The van der Waals surface area contributed by atoms with Crippen LogP contribution in [0.5, 0.6) is 5.75 Å². The molecular formula is C17H23N3O4S. The summed E-state index contributed by atoms with van der Waals surface area (Å²) in [5, 5.41) is 14.2. The predicted molar refractivity (Wildman–Crippen MR) is 94.2 cm³/mol. The summed E-state index contributed by atoms with van der Waals surface area (Å²) < 4.78 is 30.7. The van der Waals surface area contributed by atoms with Gasteiger partial charge in [-0.05, 0) is 30.8 Å². The molecule has 1 aliphatic rings. The Balaban J connectivity index is 1.76. The third-order valence-electron chi connectivity index (χ3n) is 4.53. The molecule has 25 heavy (non-hydrogen) atoms.